The van der Waals surface area contributed by atoms with Crippen LogP contribution in [0.25, 0.3) is 0 Å². The SMILES string of the molecule is CC1(C)Oc2c(O)cccc2[C@@H]2O[C@@H]3CCN(Cc4ccccc4OCC(=O)O)[C@H]3C[C@H]21. The number of carboxylic acid groups (broad SMARTS) is 1. The Bertz CT molecular complexity index is 1020. The first-order chi connectivity index (χ1) is 15.3. The number of likely N-dealkylation sites (tertiary alicyclic amines) is 1. The highest BCUT2D eigenvalue weighted by molar-refractivity contribution is 5.68. The summed E-state index contributed by atoms with van der Waals surface area (Å²) in [4.78, 5) is 13.4. The highest BCUT2D eigenvalue weighted by atomic mass is 16.5. The Balaban J connectivity index is 1.37. The van der Waals surface area contributed by atoms with Gasteiger partial charge in [-0.2, -0.15) is 0 Å². The summed E-state index contributed by atoms with van der Waals surface area (Å²) in [6, 6.07) is 13.3. The van der Waals surface area contributed by atoms with Crippen LogP contribution in [0.1, 0.15) is 43.9 Å². The second-order valence-electron chi connectivity index (χ2n) is 9.45. The third kappa shape index (κ3) is 3.69. The molecule has 2 saturated heterocycles. The number of hydrogen-bond donors (Lipinski definition) is 2. The summed E-state index contributed by atoms with van der Waals surface area (Å²) in [5, 5.41) is 19.3. The van der Waals surface area contributed by atoms with Crippen molar-refractivity contribution in [1.29, 1.82) is 0 Å². The minimum atomic E-state index is -0.987. The fourth-order valence-electron chi connectivity index (χ4n) is 5.50. The van der Waals surface area contributed by atoms with Crippen molar-refractivity contribution in [3.05, 3.63) is 53.6 Å². The van der Waals surface area contributed by atoms with Gasteiger partial charge in [0.2, 0.25) is 0 Å². The number of fused-ring (bicyclic) bond motifs is 4. The number of phenols is 1. The number of ether oxygens (including phenoxy) is 3. The zero-order valence-corrected chi connectivity index (χ0v) is 18.4. The molecule has 170 valence electrons. The van der Waals surface area contributed by atoms with Gasteiger partial charge >= 0.3 is 5.97 Å². The fraction of sp³-hybridized carbons (Fsp3) is 0.480. The summed E-state index contributed by atoms with van der Waals surface area (Å²) in [6.45, 7) is 5.36. The largest absolute Gasteiger partial charge is 0.504 e. The molecule has 0 spiro atoms. The van der Waals surface area contributed by atoms with Gasteiger partial charge in [-0.15, -0.1) is 0 Å². The van der Waals surface area contributed by atoms with Crippen LogP contribution in [0.3, 0.4) is 0 Å². The summed E-state index contributed by atoms with van der Waals surface area (Å²) in [5.41, 5.74) is 1.43. The molecule has 0 radical (unpaired) electrons. The van der Waals surface area contributed by atoms with Crippen molar-refractivity contribution in [2.24, 2.45) is 5.92 Å². The molecule has 0 aliphatic carbocycles. The van der Waals surface area contributed by atoms with Gasteiger partial charge in [0.05, 0.1) is 12.2 Å². The van der Waals surface area contributed by atoms with E-state index < -0.39 is 11.6 Å². The first-order valence-corrected chi connectivity index (χ1v) is 11.2. The van der Waals surface area contributed by atoms with Gasteiger partial charge in [0, 0.05) is 36.2 Å². The maximum absolute atomic E-state index is 10.9. The van der Waals surface area contributed by atoms with E-state index in [9.17, 15) is 9.90 Å². The van der Waals surface area contributed by atoms with E-state index in [-0.39, 0.29) is 36.5 Å². The summed E-state index contributed by atoms with van der Waals surface area (Å²) >= 11 is 0. The Hall–Kier alpha value is -2.77. The van der Waals surface area contributed by atoms with Crippen LogP contribution < -0.4 is 9.47 Å². The highest BCUT2D eigenvalue weighted by Crippen LogP contribution is 2.54. The van der Waals surface area contributed by atoms with Gasteiger partial charge in [0.25, 0.3) is 0 Å². The van der Waals surface area contributed by atoms with Crippen molar-refractivity contribution in [3.63, 3.8) is 0 Å². The molecule has 3 heterocycles. The Morgan fingerprint density at radius 2 is 2.03 bits per heavy atom. The lowest BCUT2D eigenvalue weighted by Gasteiger charge is -2.50. The third-order valence-electron chi connectivity index (χ3n) is 7.07. The van der Waals surface area contributed by atoms with Crippen LogP contribution in [0, 0.1) is 5.92 Å². The lowest BCUT2D eigenvalue weighted by molar-refractivity contribution is -0.163. The van der Waals surface area contributed by atoms with Crippen LogP contribution >= 0.6 is 0 Å². The fourth-order valence-corrected chi connectivity index (χ4v) is 5.50. The number of rotatable bonds is 5. The molecule has 7 nitrogen and oxygen atoms in total. The molecule has 0 amide bonds. The number of carboxylic acids is 1. The van der Waals surface area contributed by atoms with Crippen LogP contribution in [0.2, 0.25) is 0 Å². The average molecular weight is 440 g/mol. The Labute approximate surface area is 187 Å². The van der Waals surface area contributed by atoms with E-state index in [1.54, 1.807) is 6.07 Å². The van der Waals surface area contributed by atoms with Gasteiger partial charge in [-0.05, 0) is 38.8 Å². The molecule has 0 bridgehead atoms. The normalized spacial score (nSPS) is 28.2. The van der Waals surface area contributed by atoms with Crippen LogP contribution in [0.5, 0.6) is 17.2 Å². The average Bonchev–Trinajstić information content (AvgIpc) is 3.15. The maximum Gasteiger partial charge on any atom is 0.341 e. The number of aromatic hydroxyl groups is 1. The minimum Gasteiger partial charge on any atom is -0.504 e. The monoisotopic (exact) mass is 439 g/mol. The molecule has 2 aromatic rings. The van der Waals surface area contributed by atoms with E-state index in [4.69, 9.17) is 19.3 Å². The number of phenolic OH excluding ortho intramolecular Hbond substituents is 1. The smallest absolute Gasteiger partial charge is 0.341 e. The van der Waals surface area contributed by atoms with Crippen molar-refractivity contribution in [3.8, 4) is 17.2 Å². The number of aliphatic carboxylic acids is 1. The lowest BCUT2D eigenvalue weighted by atomic mass is 9.74. The molecule has 2 fully saturated rings. The molecule has 3 aliphatic heterocycles. The number of carbonyl (C=O) groups is 1. The molecule has 0 aromatic heterocycles. The number of hydrogen-bond acceptors (Lipinski definition) is 6. The number of para-hydroxylation sites is 2. The third-order valence-corrected chi connectivity index (χ3v) is 7.07. The van der Waals surface area contributed by atoms with Crippen LogP contribution in [0.4, 0.5) is 0 Å². The molecule has 32 heavy (non-hydrogen) atoms. The molecule has 5 rings (SSSR count). The molecule has 7 heteroatoms. The first kappa shape index (κ1) is 21.1. The van der Waals surface area contributed by atoms with Crippen LogP contribution in [0.15, 0.2) is 42.5 Å². The molecule has 0 saturated carbocycles. The van der Waals surface area contributed by atoms with E-state index >= 15 is 0 Å². The van der Waals surface area contributed by atoms with Crippen molar-refractivity contribution in [2.75, 3.05) is 13.2 Å². The van der Waals surface area contributed by atoms with Crippen LogP contribution in [-0.2, 0) is 16.1 Å². The number of nitrogens with zero attached hydrogens (tertiary/aromatic N) is 1. The van der Waals surface area contributed by atoms with Crippen molar-refractivity contribution < 1.29 is 29.2 Å². The topological polar surface area (TPSA) is 88.5 Å². The zero-order chi connectivity index (χ0) is 22.5. The van der Waals surface area contributed by atoms with E-state index in [0.29, 0.717) is 18.0 Å². The Kier molecular flexibility index (Phi) is 5.26. The molecule has 3 aliphatic rings. The zero-order valence-electron chi connectivity index (χ0n) is 18.4. The van der Waals surface area contributed by atoms with Crippen molar-refractivity contribution >= 4 is 5.97 Å². The molecule has 4 atom stereocenters. The number of benzene rings is 2. The van der Waals surface area contributed by atoms with E-state index in [2.05, 4.69) is 18.7 Å². The second-order valence-corrected chi connectivity index (χ2v) is 9.45. The first-order valence-electron chi connectivity index (χ1n) is 11.2. The lowest BCUT2D eigenvalue weighted by Crippen LogP contribution is -2.53. The van der Waals surface area contributed by atoms with Gasteiger partial charge in [0.1, 0.15) is 11.4 Å². The van der Waals surface area contributed by atoms with Gasteiger partial charge in [0.15, 0.2) is 18.1 Å². The second kappa shape index (κ2) is 7.98. The van der Waals surface area contributed by atoms with Gasteiger partial charge < -0.3 is 24.4 Å². The predicted octanol–water partition coefficient (Wildman–Crippen LogP) is 3.75. The molecular formula is C25H29NO6. The Morgan fingerprint density at radius 1 is 1.22 bits per heavy atom. The molecular weight excluding hydrogens is 410 g/mol. The summed E-state index contributed by atoms with van der Waals surface area (Å²) < 4.78 is 18.5. The summed E-state index contributed by atoms with van der Waals surface area (Å²) in [5.74, 6) is 0.469. The van der Waals surface area contributed by atoms with E-state index in [1.807, 2.05) is 36.4 Å². The summed E-state index contributed by atoms with van der Waals surface area (Å²) in [7, 11) is 0. The van der Waals surface area contributed by atoms with Gasteiger partial charge in [-0.3, -0.25) is 4.90 Å². The maximum atomic E-state index is 10.9. The van der Waals surface area contributed by atoms with Crippen molar-refractivity contribution in [2.45, 2.75) is 57.1 Å². The highest BCUT2D eigenvalue weighted by Gasteiger charge is 2.53. The standard InChI is InChI=1S/C25H29NO6/c1-25(2)17-12-18-21(31-23(17)16-7-5-8-19(27)24(16)32-25)10-11-26(18)13-15-6-3-4-9-20(15)30-14-22(28)29/h3-9,17-18,21,23,27H,10-14H2,1-2H3,(H,28,29)/t17-,18+,21-,23+/m1/s1. The minimum absolute atomic E-state index is 0.103. The molecule has 2 N–H and O–H groups in total. The van der Waals surface area contributed by atoms with Gasteiger partial charge in [-0.1, -0.05) is 30.3 Å². The molecule has 2 aromatic carbocycles. The quantitative estimate of drug-likeness (QED) is 0.734. The Morgan fingerprint density at radius 3 is 2.84 bits per heavy atom. The molecule has 0 unspecified atom stereocenters. The van der Waals surface area contributed by atoms with Crippen molar-refractivity contribution in [1.82, 2.24) is 4.90 Å². The van der Waals surface area contributed by atoms with E-state index in [0.717, 1.165) is 30.5 Å². The summed E-state index contributed by atoms with van der Waals surface area (Å²) in [6.07, 6.45) is 1.86. The van der Waals surface area contributed by atoms with Crippen LogP contribution in [-0.4, -0.2) is 52.0 Å². The van der Waals surface area contributed by atoms with Gasteiger partial charge in [-0.25, -0.2) is 4.79 Å². The predicted molar refractivity (Wildman–Crippen MR) is 117 cm³/mol. The van der Waals surface area contributed by atoms with E-state index in [1.165, 1.54) is 0 Å².